The van der Waals surface area contributed by atoms with Crippen LogP contribution in [0, 0.1) is 24.0 Å². The Labute approximate surface area is 118 Å². The van der Waals surface area contributed by atoms with Crippen molar-refractivity contribution in [1.29, 1.82) is 0 Å². The van der Waals surface area contributed by atoms with Gasteiger partial charge in [0.05, 0.1) is 16.2 Å². The first-order chi connectivity index (χ1) is 9.40. The number of anilines is 2. The minimum atomic E-state index is -1.24. The molecule has 0 saturated heterocycles. The second-order valence-corrected chi connectivity index (χ2v) is 5.25. The van der Waals surface area contributed by atoms with Crippen molar-refractivity contribution < 1.29 is 14.8 Å². The smallest absolute Gasteiger partial charge is 0.338 e. The molecule has 0 fully saturated rings. The van der Waals surface area contributed by atoms with Crippen LogP contribution in [0.1, 0.15) is 20.9 Å². The standard InChI is InChI=1S/C12H11N3O4S/c1-6-7(2)20-12(13-6)14-10-8(11(16)17)4-3-5-9(10)15(18)19/h3-5H,1-2H3,(H,13,14)(H,16,17). The molecule has 2 N–H and O–H groups in total. The molecule has 20 heavy (non-hydrogen) atoms. The van der Waals surface area contributed by atoms with Gasteiger partial charge in [0.2, 0.25) is 0 Å². The van der Waals surface area contributed by atoms with Crippen LogP contribution in [-0.4, -0.2) is 21.0 Å². The second-order valence-electron chi connectivity index (χ2n) is 4.05. The van der Waals surface area contributed by atoms with Crippen LogP contribution in [-0.2, 0) is 0 Å². The minimum absolute atomic E-state index is 0.0567. The van der Waals surface area contributed by atoms with Crippen molar-refractivity contribution in [1.82, 2.24) is 4.98 Å². The molecule has 0 bridgehead atoms. The third kappa shape index (κ3) is 2.59. The molecule has 0 unspecified atom stereocenters. The van der Waals surface area contributed by atoms with Gasteiger partial charge in [-0.25, -0.2) is 9.78 Å². The summed E-state index contributed by atoms with van der Waals surface area (Å²) in [5, 5.41) is 23.3. The number of rotatable bonds is 4. The Morgan fingerprint density at radius 3 is 2.65 bits per heavy atom. The van der Waals surface area contributed by atoms with Crippen LogP contribution in [0.15, 0.2) is 18.2 Å². The molecule has 0 saturated carbocycles. The number of hydrogen-bond donors (Lipinski definition) is 2. The maximum absolute atomic E-state index is 11.2. The summed E-state index contributed by atoms with van der Waals surface area (Å²) >= 11 is 1.31. The number of aryl methyl sites for hydroxylation is 2. The maximum Gasteiger partial charge on any atom is 0.338 e. The molecule has 2 rings (SSSR count). The minimum Gasteiger partial charge on any atom is -0.478 e. The van der Waals surface area contributed by atoms with Gasteiger partial charge >= 0.3 is 5.97 Å². The molecule has 0 aliphatic carbocycles. The van der Waals surface area contributed by atoms with E-state index >= 15 is 0 Å². The van der Waals surface area contributed by atoms with Crippen molar-refractivity contribution in [2.75, 3.05) is 5.32 Å². The summed E-state index contributed by atoms with van der Waals surface area (Å²) < 4.78 is 0. The molecule has 0 radical (unpaired) electrons. The topological polar surface area (TPSA) is 105 Å². The monoisotopic (exact) mass is 293 g/mol. The molecular weight excluding hydrogens is 282 g/mol. The number of hydrogen-bond acceptors (Lipinski definition) is 6. The van der Waals surface area contributed by atoms with Crippen molar-refractivity contribution in [3.05, 3.63) is 44.4 Å². The summed E-state index contributed by atoms with van der Waals surface area (Å²) in [5.74, 6) is -1.24. The molecule has 1 aromatic heterocycles. The van der Waals surface area contributed by atoms with E-state index in [1.807, 2.05) is 13.8 Å². The van der Waals surface area contributed by atoms with Gasteiger partial charge in [-0.05, 0) is 19.9 Å². The predicted molar refractivity (Wildman–Crippen MR) is 74.9 cm³/mol. The highest BCUT2D eigenvalue weighted by molar-refractivity contribution is 7.15. The predicted octanol–water partition coefficient (Wildman–Crippen LogP) is 3.11. The van der Waals surface area contributed by atoms with Gasteiger partial charge < -0.3 is 10.4 Å². The van der Waals surface area contributed by atoms with Crippen LogP contribution in [0.2, 0.25) is 0 Å². The largest absolute Gasteiger partial charge is 0.478 e. The highest BCUT2D eigenvalue weighted by atomic mass is 32.1. The van der Waals surface area contributed by atoms with Gasteiger partial charge in [0.25, 0.3) is 5.69 Å². The van der Waals surface area contributed by atoms with E-state index in [4.69, 9.17) is 5.11 Å². The first-order valence-electron chi connectivity index (χ1n) is 5.62. The van der Waals surface area contributed by atoms with Gasteiger partial charge in [-0.3, -0.25) is 10.1 Å². The molecule has 1 heterocycles. The lowest BCUT2D eigenvalue weighted by atomic mass is 10.1. The van der Waals surface area contributed by atoms with Crippen LogP contribution in [0.4, 0.5) is 16.5 Å². The number of nitro benzene ring substituents is 1. The van der Waals surface area contributed by atoms with Gasteiger partial charge in [-0.1, -0.05) is 6.07 Å². The first-order valence-corrected chi connectivity index (χ1v) is 6.43. The van der Waals surface area contributed by atoms with Gasteiger partial charge in [-0.2, -0.15) is 0 Å². The Bertz CT molecular complexity index is 644. The van der Waals surface area contributed by atoms with E-state index in [0.29, 0.717) is 5.13 Å². The molecule has 8 heteroatoms. The molecule has 0 aliphatic rings. The molecule has 0 amide bonds. The van der Waals surface area contributed by atoms with Gasteiger partial charge in [0.1, 0.15) is 5.69 Å². The fourth-order valence-electron chi connectivity index (χ4n) is 1.63. The number of aromatic carboxylic acids is 1. The molecule has 1 aromatic carbocycles. The van der Waals surface area contributed by atoms with Crippen LogP contribution in [0.5, 0.6) is 0 Å². The SMILES string of the molecule is Cc1nc(Nc2c(C(=O)O)cccc2[N+](=O)[O-])sc1C. The van der Waals surface area contributed by atoms with Gasteiger partial charge in [0, 0.05) is 10.9 Å². The highest BCUT2D eigenvalue weighted by Crippen LogP contribution is 2.33. The molecule has 2 aromatic rings. The Morgan fingerprint density at radius 2 is 2.15 bits per heavy atom. The van der Waals surface area contributed by atoms with Crippen molar-refractivity contribution in [3.63, 3.8) is 0 Å². The zero-order chi connectivity index (χ0) is 14.9. The van der Waals surface area contributed by atoms with Gasteiger partial charge in [-0.15, -0.1) is 11.3 Å². The van der Waals surface area contributed by atoms with Crippen molar-refractivity contribution >= 4 is 33.8 Å². The fraction of sp³-hybridized carbons (Fsp3) is 0.167. The Kier molecular flexibility index (Phi) is 3.66. The number of aromatic nitrogens is 1. The normalized spacial score (nSPS) is 10.3. The number of nitrogens with one attached hydrogen (secondary N) is 1. The van der Waals surface area contributed by atoms with E-state index in [9.17, 15) is 14.9 Å². The number of thiazole rings is 1. The Hall–Kier alpha value is -2.48. The molecule has 0 aliphatic heterocycles. The zero-order valence-corrected chi connectivity index (χ0v) is 11.5. The second kappa shape index (κ2) is 5.25. The number of carboxylic acid groups (broad SMARTS) is 1. The van der Waals surface area contributed by atoms with Crippen LogP contribution >= 0.6 is 11.3 Å². The maximum atomic E-state index is 11.2. The number of carbonyl (C=O) groups is 1. The summed E-state index contributed by atoms with van der Waals surface area (Å²) in [6.45, 7) is 3.68. The Balaban J connectivity index is 2.53. The third-order valence-corrected chi connectivity index (χ3v) is 3.72. The van der Waals surface area contributed by atoms with E-state index in [-0.39, 0.29) is 16.9 Å². The molecule has 0 atom stereocenters. The number of benzene rings is 1. The number of carboxylic acids is 1. The molecule has 0 spiro atoms. The summed E-state index contributed by atoms with van der Waals surface area (Å²) in [6.07, 6.45) is 0. The zero-order valence-electron chi connectivity index (χ0n) is 10.7. The van der Waals surface area contributed by atoms with E-state index in [2.05, 4.69) is 10.3 Å². The van der Waals surface area contributed by atoms with E-state index in [1.165, 1.54) is 29.5 Å². The van der Waals surface area contributed by atoms with Crippen LogP contribution in [0.3, 0.4) is 0 Å². The molecule has 104 valence electrons. The summed E-state index contributed by atoms with van der Waals surface area (Å²) in [6, 6.07) is 3.90. The first kappa shape index (κ1) is 13.9. The lowest BCUT2D eigenvalue weighted by Crippen LogP contribution is -2.05. The average molecular weight is 293 g/mol. The van der Waals surface area contributed by atoms with E-state index in [1.54, 1.807) is 0 Å². The number of nitrogens with zero attached hydrogens (tertiary/aromatic N) is 2. The summed E-state index contributed by atoms with van der Waals surface area (Å²) in [5.41, 5.74) is 0.284. The number of para-hydroxylation sites is 1. The lowest BCUT2D eigenvalue weighted by Gasteiger charge is -2.07. The average Bonchev–Trinajstić information content (AvgIpc) is 2.68. The quantitative estimate of drug-likeness (QED) is 0.662. The van der Waals surface area contributed by atoms with E-state index < -0.39 is 10.9 Å². The summed E-state index contributed by atoms with van der Waals surface area (Å²) in [4.78, 5) is 26.7. The fourth-order valence-corrected chi connectivity index (χ4v) is 2.45. The van der Waals surface area contributed by atoms with Crippen LogP contribution < -0.4 is 5.32 Å². The van der Waals surface area contributed by atoms with E-state index in [0.717, 1.165) is 10.6 Å². The van der Waals surface area contributed by atoms with Crippen molar-refractivity contribution in [2.45, 2.75) is 13.8 Å². The number of nitro groups is 1. The lowest BCUT2D eigenvalue weighted by molar-refractivity contribution is -0.383. The third-order valence-electron chi connectivity index (χ3n) is 2.73. The molecular formula is C12H11N3O4S. The molecule has 7 nitrogen and oxygen atoms in total. The summed E-state index contributed by atoms with van der Waals surface area (Å²) in [7, 11) is 0. The van der Waals surface area contributed by atoms with Crippen molar-refractivity contribution in [2.24, 2.45) is 0 Å². The highest BCUT2D eigenvalue weighted by Gasteiger charge is 2.22. The van der Waals surface area contributed by atoms with Gasteiger partial charge in [0.15, 0.2) is 5.13 Å². The van der Waals surface area contributed by atoms with Crippen LogP contribution in [0.25, 0.3) is 0 Å². The van der Waals surface area contributed by atoms with Crippen molar-refractivity contribution in [3.8, 4) is 0 Å². The Morgan fingerprint density at radius 1 is 1.45 bits per heavy atom.